The molecule has 2 aromatic rings. The van der Waals surface area contributed by atoms with E-state index in [0.717, 1.165) is 4.73 Å². The number of hydrogen-bond donors (Lipinski definition) is 1. The molecule has 0 aliphatic carbocycles. The molecule has 0 fully saturated rings. The minimum Gasteiger partial charge on any atom is -0.425 e. The van der Waals surface area contributed by atoms with Crippen LogP contribution in [-0.2, 0) is 0 Å². The van der Waals surface area contributed by atoms with Gasteiger partial charge in [-0.15, -0.1) is 0 Å². The first-order valence-electron chi connectivity index (χ1n) is 2.82. The van der Waals surface area contributed by atoms with Gasteiger partial charge >= 0.3 is 0 Å². The normalized spacial score (nSPS) is 10.6. The fourth-order valence-corrected chi connectivity index (χ4v) is 0.972. The lowest BCUT2D eigenvalue weighted by atomic mass is 10.6. The summed E-state index contributed by atoms with van der Waals surface area (Å²) in [4.78, 5) is 11.2. The molecule has 0 aromatic carbocycles. The number of halogens is 1. The van der Waals surface area contributed by atoms with E-state index in [2.05, 4.69) is 15.0 Å². The largest absolute Gasteiger partial charge is 0.425 e. The van der Waals surface area contributed by atoms with E-state index in [9.17, 15) is 0 Å². The molecule has 0 bridgehead atoms. The highest BCUT2D eigenvalue weighted by Crippen LogP contribution is 2.15. The van der Waals surface area contributed by atoms with Crippen molar-refractivity contribution in [3.8, 4) is 0 Å². The van der Waals surface area contributed by atoms with Gasteiger partial charge in [0.1, 0.15) is 18.2 Å². The summed E-state index contributed by atoms with van der Waals surface area (Å²) in [6.45, 7) is 0. The quantitative estimate of drug-likeness (QED) is 0.467. The maximum Gasteiger partial charge on any atom is 0.200 e. The van der Waals surface area contributed by atoms with E-state index >= 15 is 0 Å². The van der Waals surface area contributed by atoms with Crippen molar-refractivity contribution in [2.45, 2.75) is 0 Å². The minimum atomic E-state index is 0.239. The molecule has 0 radical (unpaired) electrons. The fourth-order valence-electron chi connectivity index (χ4n) is 0.795. The van der Waals surface area contributed by atoms with Crippen LogP contribution in [0.4, 0.5) is 0 Å². The van der Waals surface area contributed by atoms with Gasteiger partial charge in [-0.1, -0.05) is 11.6 Å². The molecule has 2 rings (SSSR count). The van der Waals surface area contributed by atoms with Crippen molar-refractivity contribution in [1.82, 2.24) is 19.7 Å². The van der Waals surface area contributed by atoms with Crippen molar-refractivity contribution < 1.29 is 5.21 Å². The summed E-state index contributed by atoms with van der Waals surface area (Å²) in [6, 6.07) is 0. The predicted octanol–water partition coefficient (Wildman–Crippen LogP) is 0.717. The Labute approximate surface area is 66.2 Å². The smallest absolute Gasteiger partial charge is 0.200 e. The van der Waals surface area contributed by atoms with Crippen LogP contribution in [-0.4, -0.2) is 24.9 Å². The van der Waals surface area contributed by atoms with Crippen LogP contribution in [0.5, 0.6) is 0 Å². The summed E-state index contributed by atoms with van der Waals surface area (Å²) in [5, 5.41) is 9.28. The summed E-state index contributed by atoms with van der Waals surface area (Å²) in [5.74, 6) is 0. The summed E-state index contributed by atoms with van der Waals surface area (Å²) < 4.78 is 0.795. The van der Waals surface area contributed by atoms with E-state index in [1.54, 1.807) is 0 Å². The van der Waals surface area contributed by atoms with Crippen molar-refractivity contribution in [1.29, 1.82) is 0 Å². The van der Waals surface area contributed by atoms with Crippen LogP contribution in [0.25, 0.3) is 11.2 Å². The zero-order valence-corrected chi connectivity index (χ0v) is 6.02. The highest BCUT2D eigenvalue weighted by molar-refractivity contribution is 6.33. The van der Waals surface area contributed by atoms with Gasteiger partial charge in [-0.05, 0) is 0 Å². The maximum atomic E-state index is 9.04. The molecule has 0 spiro atoms. The van der Waals surface area contributed by atoms with Crippen molar-refractivity contribution >= 4 is 22.8 Å². The zero-order valence-electron chi connectivity index (χ0n) is 5.27. The summed E-state index contributed by atoms with van der Waals surface area (Å²) in [7, 11) is 0. The molecular formula is C5H3ClN4O. The second kappa shape index (κ2) is 2.06. The van der Waals surface area contributed by atoms with E-state index < -0.39 is 0 Å². The molecule has 0 aliphatic rings. The van der Waals surface area contributed by atoms with Crippen LogP contribution in [0.3, 0.4) is 0 Å². The first kappa shape index (κ1) is 6.36. The van der Waals surface area contributed by atoms with Crippen molar-refractivity contribution in [2.75, 3.05) is 0 Å². The van der Waals surface area contributed by atoms with E-state index in [0.29, 0.717) is 11.2 Å². The van der Waals surface area contributed by atoms with Crippen LogP contribution >= 0.6 is 11.6 Å². The Bertz CT molecular complexity index is 398. The topological polar surface area (TPSA) is 63.8 Å². The Kier molecular flexibility index (Phi) is 1.19. The lowest BCUT2D eigenvalue weighted by Gasteiger charge is -1.90. The fraction of sp³-hybridized carbons (Fsp3) is 0. The third-order valence-corrected chi connectivity index (χ3v) is 1.55. The lowest BCUT2D eigenvalue weighted by Crippen LogP contribution is -1.89. The Morgan fingerprint density at radius 3 is 2.91 bits per heavy atom. The molecule has 2 heterocycles. The van der Waals surface area contributed by atoms with Gasteiger partial charge in [0.2, 0.25) is 0 Å². The molecule has 0 saturated carbocycles. The van der Waals surface area contributed by atoms with Gasteiger partial charge in [-0.3, -0.25) is 0 Å². The average Bonchev–Trinajstić information content (AvgIpc) is 2.35. The average molecular weight is 171 g/mol. The minimum absolute atomic E-state index is 0.239. The Morgan fingerprint density at radius 2 is 2.18 bits per heavy atom. The SMILES string of the molecule is On1cnc2c(Cl)ncnc21. The van der Waals surface area contributed by atoms with E-state index in [4.69, 9.17) is 16.8 Å². The molecular weight excluding hydrogens is 168 g/mol. The number of hydrogen-bond acceptors (Lipinski definition) is 4. The summed E-state index contributed by atoms with van der Waals surface area (Å²) in [6.07, 6.45) is 2.48. The number of aromatic nitrogens is 4. The molecule has 6 heteroatoms. The maximum absolute atomic E-state index is 9.04. The van der Waals surface area contributed by atoms with E-state index in [1.165, 1.54) is 12.7 Å². The molecule has 56 valence electrons. The molecule has 1 N–H and O–H groups in total. The van der Waals surface area contributed by atoms with Gasteiger partial charge in [0.05, 0.1) is 0 Å². The second-order valence-corrected chi connectivity index (χ2v) is 2.28. The van der Waals surface area contributed by atoms with Crippen molar-refractivity contribution in [3.05, 3.63) is 17.8 Å². The van der Waals surface area contributed by atoms with Crippen LogP contribution in [0.15, 0.2) is 12.7 Å². The zero-order chi connectivity index (χ0) is 7.84. The number of imidazole rings is 1. The van der Waals surface area contributed by atoms with Gasteiger partial charge in [-0.2, -0.15) is 4.73 Å². The van der Waals surface area contributed by atoms with Crippen LogP contribution in [0, 0.1) is 0 Å². The first-order chi connectivity index (χ1) is 5.29. The number of nitrogens with zero attached hydrogens (tertiary/aromatic N) is 4. The third-order valence-electron chi connectivity index (χ3n) is 1.27. The Morgan fingerprint density at radius 1 is 1.36 bits per heavy atom. The monoisotopic (exact) mass is 170 g/mol. The molecule has 5 nitrogen and oxygen atoms in total. The molecule has 2 aromatic heterocycles. The first-order valence-corrected chi connectivity index (χ1v) is 3.19. The summed E-state index contributed by atoms with van der Waals surface area (Å²) in [5.41, 5.74) is 0.710. The van der Waals surface area contributed by atoms with Gasteiger partial charge < -0.3 is 5.21 Å². The van der Waals surface area contributed by atoms with E-state index in [1.807, 2.05) is 0 Å². The number of fused-ring (bicyclic) bond motifs is 1. The molecule has 0 atom stereocenters. The van der Waals surface area contributed by atoms with E-state index in [-0.39, 0.29) is 5.15 Å². The Hall–Kier alpha value is -1.36. The van der Waals surface area contributed by atoms with Gasteiger partial charge in [0.15, 0.2) is 10.8 Å². The lowest BCUT2D eigenvalue weighted by molar-refractivity contribution is 0.196. The second-order valence-electron chi connectivity index (χ2n) is 1.93. The van der Waals surface area contributed by atoms with Crippen molar-refractivity contribution in [3.63, 3.8) is 0 Å². The Balaban J connectivity index is 2.94. The predicted molar refractivity (Wildman–Crippen MR) is 37.5 cm³/mol. The van der Waals surface area contributed by atoms with Crippen LogP contribution in [0.1, 0.15) is 0 Å². The standard InChI is InChI=1S/C5H3ClN4O/c6-4-3-5(8-1-7-4)10(11)2-9-3/h1-2,11H. The van der Waals surface area contributed by atoms with Gasteiger partial charge in [0, 0.05) is 0 Å². The molecule has 0 aliphatic heterocycles. The number of rotatable bonds is 0. The van der Waals surface area contributed by atoms with Gasteiger partial charge in [-0.25, -0.2) is 15.0 Å². The highest BCUT2D eigenvalue weighted by atomic mass is 35.5. The molecule has 11 heavy (non-hydrogen) atoms. The molecule has 0 unspecified atom stereocenters. The third kappa shape index (κ3) is 0.813. The van der Waals surface area contributed by atoms with Crippen LogP contribution < -0.4 is 0 Å². The van der Waals surface area contributed by atoms with Gasteiger partial charge in [0.25, 0.3) is 0 Å². The molecule has 0 amide bonds. The van der Waals surface area contributed by atoms with Crippen LogP contribution in [0.2, 0.25) is 5.15 Å². The van der Waals surface area contributed by atoms with Crippen molar-refractivity contribution in [2.24, 2.45) is 0 Å². The summed E-state index contributed by atoms with van der Waals surface area (Å²) >= 11 is 5.63. The highest BCUT2D eigenvalue weighted by Gasteiger charge is 2.05. The molecule has 0 saturated heterocycles.